The first-order chi connectivity index (χ1) is 10.4. The van der Waals surface area contributed by atoms with Gasteiger partial charge in [0, 0.05) is 16.7 Å². The Hall–Kier alpha value is -2.60. The average molecular weight is 321 g/mol. The van der Waals surface area contributed by atoms with Gasteiger partial charge in [0.15, 0.2) is 0 Å². The molecule has 0 aromatic heterocycles. The lowest BCUT2D eigenvalue weighted by molar-refractivity contribution is -0.385. The van der Waals surface area contributed by atoms with Gasteiger partial charge in [-0.3, -0.25) is 14.9 Å². The van der Waals surface area contributed by atoms with Crippen molar-refractivity contribution < 1.29 is 14.5 Å². The lowest BCUT2D eigenvalue weighted by Crippen LogP contribution is -2.11. The smallest absolute Gasteiger partial charge is 0.312 e. The number of aryl methyl sites for hydroxylation is 1. The number of benzene rings is 2. The maximum atomic E-state index is 11.1. The third-order valence-corrected chi connectivity index (χ3v) is 3.43. The summed E-state index contributed by atoms with van der Waals surface area (Å²) in [5, 5.41) is 11.7. The molecule has 0 spiro atoms. The number of hydrogen-bond donors (Lipinski definition) is 1. The molecule has 0 aliphatic rings. The van der Waals surface area contributed by atoms with Crippen LogP contribution in [0.25, 0.3) is 0 Å². The van der Waals surface area contributed by atoms with Gasteiger partial charge in [0.05, 0.1) is 4.92 Å². The molecule has 1 amide bonds. The van der Waals surface area contributed by atoms with E-state index in [0.29, 0.717) is 17.2 Å². The van der Waals surface area contributed by atoms with Crippen LogP contribution in [0.3, 0.4) is 0 Å². The quantitative estimate of drug-likeness (QED) is 0.671. The number of hydrogen-bond acceptors (Lipinski definition) is 4. The van der Waals surface area contributed by atoms with Crippen LogP contribution in [0, 0.1) is 10.1 Å². The molecule has 0 fully saturated rings. The number of ether oxygens (including phenoxy) is 1. The van der Waals surface area contributed by atoms with Gasteiger partial charge in [-0.25, -0.2) is 0 Å². The molecule has 6 nitrogen and oxygen atoms in total. The summed E-state index contributed by atoms with van der Waals surface area (Å²) in [6, 6.07) is 8.81. The number of carbonyl (C=O) groups excluding carboxylic acids is 1. The molecule has 2 aromatic rings. The number of halogens is 1. The van der Waals surface area contributed by atoms with Crippen LogP contribution in [0.2, 0.25) is 5.02 Å². The number of amides is 1. The fraction of sp³-hybridized carbons (Fsp3) is 0.133. The zero-order valence-corrected chi connectivity index (χ0v) is 12.5. The van der Waals surface area contributed by atoms with Crippen molar-refractivity contribution in [1.29, 1.82) is 0 Å². The van der Waals surface area contributed by atoms with Gasteiger partial charge >= 0.3 is 5.69 Å². The largest absolute Gasteiger partial charge is 0.450 e. The highest BCUT2D eigenvalue weighted by molar-refractivity contribution is 6.31. The highest BCUT2D eigenvalue weighted by Crippen LogP contribution is 2.33. The summed E-state index contributed by atoms with van der Waals surface area (Å²) in [4.78, 5) is 21.6. The fourth-order valence-electron chi connectivity index (χ4n) is 1.91. The normalized spacial score (nSPS) is 10.3. The minimum atomic E-state index is -0.741. The fourth-order valence-corrected chi connectivity index (χ4v) is 2.16. The topological polar surface area (TPSA) is 95.5 Å². The zero-order valence-electron chi connectivity index (χ0n) is 11.7. The maximum Gasteiger partial charge on any atom is 0.312 e. The molecule has 0 atom stereocenters. The second-order valence-electron chi connectivity index (χ2n) is 4.51. The molecule has 0 aliphatic heterocycles. The molecule has 2 rings (SSSR count). The maximum absolute atomic E-state index is 11.1. The van der Waals surface area contributed by atoms with E-state index in [1.54, 1.807) is 18.2 Å². The number of nitrogens with zero attached hydrogens (tertiary/aromatic N) is 1. The van der Waals surface area contributed by atoms with Crippen LogP contribution in [0.1, 0.15) is 22.8 Å². The molecule has 0 radical (unpaired) electrons. The second kappa shape index (κ2) is 6.44. The number of nitro benzene ring substituents is 1. The van der Waals surface area contributed by atoms with Gasteiger partial charge in [-0.15, -0.1) is 0 Å². The molecule has 0 saturated heterocycles. The van der Waals surface area contributed by atoms with E-state index < -0.39 is 10.8 Å². The Morgan fingerprint density at radius 2 is 2.05 bits per heavy atom. The first kappa shape index (κ1) is 15.8. The van der Waals surface area contributed by atoms with Crippen molar-refractivity contribution in [2.24, 2.45) is 5.73 Å². The van der Waals surface area contributed by atoms with Crippen molar-refractivity contribution in [3.8, 4) is 11.5 Å². The van der Waals surface area contributed by atoms with Crippen LogP contribution in [0.5, 0.6) is 11.5 Å². The second-order valence-corrected chi connectivity index (χ2v) is 4.92. The predicted octanol–water partition coefficient (Wildman–Crippen LogP) is 3.70. The summed E-state index contributed by atoms with van der Waals surface area (Å²) < 4.78 is 5.55. The van der Waals surface area contributed by atoms with Gasteiger partial charge in [0.1, 0.15) is 5.75 Å². The molecule has 0 heterocycles. The van der Waals surface area contributed by atoms with Gasteiger partial charge in [-0.1, -0.05) is 18.5 Å². The molecular formula is C15H13ClN2O4. The molecule has 0 unspecified atom stereocenters. The summed E-state index contributed by atoms with van der Waals surface area (Å²) in [6.45, 7) is 1.94. The summed E-state index contributed by atoms with van der Waals surface area (Å²) in [5.74, 6) is -0.287. The Morgan fingerprint density at radius 1 is 1.32 bits per heavy atom. The van der Waals surface area contributed by atoms with Crippen LogP contribution in [0.15, 0.2) is 36.4 Å². The number of rotatable bonds is 5. The Balaban J connectivity index is 2.40. The number of nitrogens with two attached hydrogens (primary N) is 1. The van der Waals surface area contributed by atoms with E-state index in [1.165, 1.54) is 12.1 Å². The van der Waals surface area contributed by atoms with Crippen LogP contribution in [0.4, 0.5) is 5.69 Å². The minimum Gasteiger partial charge on any atom is -0.450 e. The standard InChI is InChI=1S/C15H13ClN2O4/c1-2-9-7-11(4-5-12(9)16)22-14-6-3-10(15(17)19)8-13(14)18(20)21/h3-8H,2H2,1H3,(H2,17,19). The van der Waals surface area contributed by atoms with E-state index in [9.17, 15) is 14.9 Å². The summed E-state index contributed by atoms with van der Waals surface area (Å²) >= 11 is 6.02. The van der Waals surface area contributed by atoms with Crippen LogP contribution >= 0.6 is 11.6 Å². The predicted molar refractivity (Wildman–Crippen MR) is 82.5 cm³/mol. The molecular weight excluding hydrogens is 308 g/mol. The van der Waals surface area contributed by atoms with Crippen molar-refractivity contribution in [3.05, 3.63) is 62.7 Å². The van der Waals surface area contributed by atoms with Crippen molar-refractivity contribution in [3.63, 3.8) is 0 Å². The van der Waals surface area contributed by atoms with E-state index in [4.69, 9.17) is 22.1 Å². The van der Waals surface area contributed by atoms with Gasteiger partial charge in [0.25, 0.3) is 0 Å². The number of nitro groups is 1. The molecule has 114 valence electrons. The Labute approximate surface area is 131 Å². The van der Waals surface area contributed by atoms with Crippen LogP contribution in [-0.2, 0) is 6.42 Å². The zero-order chi connectivity index (χ0) is 16.3. The number of primary amides is 1. The lowest BCUT2D eigenvalue weighted by Gasteiger charge is -2.09. The van der Waals surface area contributed by atoms with E-state index >= 15 is 0 Å². The van der Waals surface area contributed by atoms with Crippen LogP contribution in [-0.4, -0.2) is 10.8 Å². The summed E-state index contributed by atoms with van der Waals surface area (Å²) in [6.07, 6.45) is 0.707. The molecule has 0 bridgehead atoms. The molecule has 22 heavy (non-hydrogen) atoms. The van der Waals surface area contributed by atoms with E-state index in [0.717, 1.165) is 11.6 Å². The highest BCUT2D eigenvalue weighted by Gasteiger charge is 2.18. The average Bonchev–Trinajstić information content (AvgIpc) is 2.49. The SMILES string of the molecule is CCc1cc(Oc2ccc(C(N)=O)cc2[N+](=O)[O-])ccc1Cl. The first-order valence-corrected chi connectivity index (χ1v) is 6.84. The van der Waals surface area contributed by atoms with Gasteiger partial charge in [-0.2, -0.15) is 0 Å². The molecule has 0 saturated carbocycles. The molecule has 2 N–H and O–H groups in total. The Bertz CT molecular complexity index is 746. The summed E-state index contributed by atoms with van der Waals surface area (Å²) in [5.41, 5.74) is 5.71. The number of carbonyl (C=O) groups is 1. The monoisotopic (exact) mass is 320 g/mol. The van der Waals surface area contributed by atoms with Crippen molar-refractivity contribution in [2.75, 3.05) is 0 Å². The van der Waals surface area contributed by atoms with Gasteiger partial charge in [-0.05, 0) is 42.3 Å². The van der Waals surface area contributed by atoms with Crippen molar-refractivity contribution in [2.45, 2.75) is 13.3 Å². The molecule has 7 heteroatoms. The molecule has 0 aliphatic carbocycles. The van der Waals surface area contributed by atoms with E-state index in [-0.39, 0.29) is 17.0 Å². The summed E-state index contributed by atoms with van der Waals surface area (Å²) in [7, 11) is 0. The lowest BCUT2D eigenvalue weighted by atomic mass is 10.1. The Morgan fingerprint density at radius 3 is 2.64 bits per heavy atom. The molecule has 2 aromatic carbocycles. The van der Waals surface area contributed by atoms with Crippen LogP contribution < -0.4 is 10.5 Å². The van der Waals surface area contributed by atoms with E-state index in [2.05, 4.69) is 0 Å². The minimum absolute atomic E-state index is 0.0272. The third-order valence-electron chi connectivity index (χ3n) is 3.07. The Kier molecular flexibility index (Phi) is 4.62. The van der Waals surface area contributed by atoms with E-state index in [1.807, 2.05) is 6.92 Å². The van der Waals surface area contributed by atoms with Crippen molar-refractivity contribution in [1.82, 2.24) is 0 Å². The van der Waals surface area contributed by atoms with Gasteiger partial charge in [0.2, 0.25) is 11.7 Å². The van der Waals surface area contributed by atoms with Gasteiger partial charge < -0.3 is 10.5 Å². The van der Waals surface area contributed by atoms with Crippen molar-refractivity contribution >= 4 is 23.2 Å². The first-order valence-electron chi connectivity index (χ1n) is 6.47. The highest BCUT2D eigenvalue weighted by atomic mass is 35.5. The third kappa shape index (κ3) is 3.35.